The smallest absolute Gasteiger partial charge is 0.126 e. The molecule has 41 heavy (non-hydrogen) atoms. The van der Waals surface area contributed by atoms with E-state index >= 15 is 0 Å². The molecule has 0 saturated carbocycles. The molecule has 6 heteroatoms. The molecule has 0 bridgehead atoms. The first-order valence-corrected chi connectivity index (χ1v) is 14.1. The summed E-state index contributed by atoms with van der Waals surface area (Å²) in [5.74, 6) is 0.841. The van der Waals surface area contributed by atoms with Crippen molar-refractivity contribution in [2.75, 3.05) is 16.8 Å². The first-order chi connectivity index (χ1) is 19.6. The Kier molecular flexibility index (Phi) is 7.42. The molecule has 0 spiro atoms. The number of benzene rings is 4. The number of aromatic nitrogens is 1. The van der Waals surface area contributed by atoms with Gasteiger partial charge in [-0.25, -0.2) is 0 Å². The summed E-state index contributed by atoms with van der Waals surface area (Å²) in [5.41, 5.74) is 7.30. The van der Waals surface area contributed by atoms with E-state index in [2.05, 4.69) is 121 Å². The van der Waals surface area contributed by atoms with Crippen molar-refractivity contribution in [1.82, 2.24) is 9.88 Å². The molecule has 0 unspecified atom stereocenters. The fraction of sp³-hybridized carbons (Fsp3) is 0.0857. The maximum atomic E-state index is 5.28. The van der Waals surface area contributed by atoms with Crippen LogP contribution in [0.15, 0.2) is 103 Å². The zero-order valence-electron chi connectivity index (χ0n) is 22.9. The Morgan fingerprint density at radius 1 is 0.829 bits per heavy atom. The van der Waals surface area contributed by atoms with Crippen LogP contribution in [0.3, 0.4) is 0 Å². The van der Waals surface area contributed by atoms with Gasteiger partial charge in [0.15, 0.2) is 0 Å². The standard InChI is InChI=1S/C35H27N4S.Pt/c1-24-10-6-11-25(2)34(24)39(27-13-7-12-26(22-27)38-21-20-37(3)23-38)33-19-9-17-31(36-33)30-16-8-15-29-28-14-4-5-18-32(28)40-35(29)30;/h4-15,17-21,23H,1-3H3;/q-3;. The summed E-state index contributed by atoms with van der Waals surface area (Å²) in [7, 11) is 2.02. The summed E-state index contributed by atoms with van der Waals surface area (Å²) in [5, 5.41) is 2.52. The molecule has 7 rings (SSSR count). The summed E-state index contributed by atoms with van der Waals surface area (Å²) >= 11 is 1.80. The third-order valence-corrected chi connectivity index (χ3v) is 8.48. The van der Waals surface area contributed by atoms with Crippen LogP contribution in [-0.2, 0) is 21.1 Å². The van der Waals surface area contributed by atoms with Gasteiger partial charge in [0.25, 0.3) is 0 Å². The van der Waals surface area contributed by atoms with Crippen molar-refractivity contribution in [2.24, 2.45) is 0 Å². The topological polar surface area (TPSA) is 22.6 Å². The largest absolute Gasteiger partial charge is 0.510 e. The van der Waals surface area contributed by atoms with E-state index in [1.165, 1.54) is 31.3 Å². The Hall–Kier alpha value is -3.92. The van der Waals surface area contributed by atoms with Gasteiger partial charge >= 0.3 is 0 Å². The Morgan fingerprint density at radius 3 is 2.41 bits per heavy atom. The van der Waals surface area contributed by atoms with Crippen molar-refractivity contribution in [3.05, 3.63) is 133 Å². The fourth-order valence-corrected chi connectivity index (χ4v) is 6.61. The predicted octanol–water partition coefficient (Wildman–Crippen LogP) is 9.14. The van der Waals surface area contributed by atoms with Crippen molar-refractivity contribution < 1.29 is 21.1 Å². The van der Waals surface area contributed by atoms with Crippen LogP contribution in [-0.4, -0.2) is 16.9 Å². The number of rotatable bonds is 5. The van der Waals surface area contributed by atoms with E-state index < -0.39 is 0 Å². The van der Waals surface area contributed by atoms with Gasteiger partial charge in [-0.05, 0) is 72.3 Å². The first-order valence-electron chi connectivity index (χ1n) is 13.3. The molecule has 0 atom stereocenters. The molecule has 206 valence electrons. The zero-order chi connectivity index (χ0) is 27.2. The van der Waals surface area contributed by atoms with Crippen LogP contribution in [0.25, 0.3) is 31.4 Å². The van der Waals surface area contributed by atoms with Crippen LogP contribution in [0.4, 0.5) is 22.9 Å². The SMILES string of the molecule is Cc1cccc(C)c1N(c1[c-]c(N2C=CN(C)[CH-]2)ccc1)c1cccc(-c2[c-]ccc3c2sc2ccccc23)n1.[Pt]. The van der Waals surface area contributed by atoms with Gasteiger partial charge in [-0.3, -0.25) is 4.98 Å². The number of pyridine rings is 1. The molecule has 0 N–H and O–H groups in total. The van der Waals surface area contributed by atoms with Gasteiger partial charge in [0, 0.05) is 25.8 Å². The number of anilines is 4. The van der Waals surface area contributed by atoms with Gasteiger partial charge < -0.3 is 14.7 Å². The van der Waals surface area contributed by atoms with Crippen molar-refractivity contribution >= 4 is 54.4 Å². The number of aryl methyl sites for hydroxylation is 2. The number of thiophene rings is 1. The minimum Gasteiger partial charge on any atom is -0.510 e. The molecular formula is C35H27N4PtS-3. The van der Waals surface area contributed by atoms with Crippen LogP contribution in [0.2, 0.25) is 0 Å². The molecular weight excluding hydrogens is 704 g/mol. The Labute approximate surface area is 259 Å². The molecule has 0 amide bonds. The summed E-state index contributed by atoms with van der Waals surface area (Å²) in [6, 6.07) is 38.8. The first kappa shape index (κ1) is 27.3. The molecule has 4 nitrogen and oxygen atoms in total. The number of hydrogen-bond donors (Lipinski definition) is 0. The van der Waals surface area contributed by atoms with Crippen LogP contribution in [0, 0.1) is 32.6 Å². The maximum Gasteiger partial charge on any atom is 0.126 e. The van der Waals surface area contributed by atoms with E-state index in [-0.39, 0.29) is 21.1 Å². The molecule has 1 aliphatic heterocycles. The Balaban J connectivity index is 0.00000302. The second-order valence-corrected chi connectivity index (χ2v) is 11.1. The number of para-hydroxylation sites is 1. The summed E-state index contributed by atoms with van der Waals surface area (Å²) in [4.78, 5) is 11.6. The van der Waals surface area contributed by atoms with Gasteiger partial charge in [-0.2, -0.15) is 24.1 Å². The number of nitrogens with zero attached hydrogens (tertiary/aromatic N) is 4. The van der Waals surface area contributed by atoms with Crippen LogP contribution < -0.4 is 9.80 Å². The second kappa shape index (κ2) is 11.2. The van der Waals surface area contributed by atoms with E-state index in [4.69, 9.17) is 4.98 Å². The number of hydrogen-bond acceptors (Lipinski definition) is 5. The average molecular weight is 731 g/mol. The molecule has 6 aromatic rings. The summed E-state index contributed by atoms with van der Waals surface area (Å²) in [6.07, 6.45) is 4.07. The van der Waals surface area contributed by atoms with Crippen molar-refractivity contribution in [3.8, 4) is 11.3 Å². The van der Waals surface area contributed by atoms with Gasteiger partial charge in [-0.15, -0.1) is 47.6 Å². The maximum absolute atomic E-state index is 5.28. The van der Waals surface area contributed by atoms with Gasteiger partial charge in [-0.1, -0.05) is 59.6 Å². The van der Waals surface area contributed by atoms with Gasteiger partial charge in [0.2, 0.25) is 0 Å². The molecule has 0 fully saturated rings. The number of fused-ring (bicyclic) bond motifs is 3. The predicted molar refractivity (Wildman–Crippen MR) is 168 cm³/mol. The molecule has 0 saturated heterocycles. The Bertz CT molecular complexity index is 1890. The van der Waals surface area contributed by atoms with Crippen LogP contribution >= 0.6 is 11.3 Å². The minimum absolute atomic E-state index is 0. The normalized spacial score (nSPS) is 12.8. The van der Waals surface area contributed by atoms with Crippen molar-refractivity contribution in [2.45, 2.75) is 13.8 Å². The quantitative estimate of drug-likeness (QED) is 0.165. The third kappa shape index (κ3) is 4.94. The molecule has 0 aliphatic carbocycles. The summed E-state index contributed by atoms with van der Waals surface area (Å²) < 4.78 is 2.48. The molecule has 3 heterocycles. The summed E-state index contributed by atoms with van der Waals surface area (Å²) in [6.45, 7) is 6.35. The molecule has 1 aliphatic rings. The van der Waals surface area contributed by atoms with E-state index in [0.29, 0.717) is 0 Å². The molecule has 0 radical (unpaired) electrons. The van der Waals surface area contributed by atoms with E-state index in [9.17, 15) is 0 Å². The van der Waals surface area contributed by atoms with E-state index in [1.807, 2.05) is 37.1 Å². The van der Waals surface area contributed by atoms with Crippen LogP contribution in [0.1, 0.15) is 11.1 Å². The molecule has 4 aromatic carbocycles. The van der Waals surface area contributed by atoms with Crippen LogP contribution in [0.5, 0.6) is 0 Å². The average Bonchev–Trinajstić information content (AvgIpc) is 3.59. The van der Waals surface area contributed by atoms with Crippen molar-refractivity contribution in [3.63, 3.8) is 0 Å². The van der Waals surface area contributed by atoms with Gasteiger partial charge in [0.05, 0.1) is 5.69 Å². The monoisotopic (exact) mass is 730 g/mol. The zero-order valence-corrected chi connectivity index (χ0v) is 26.0. The Morgan fingerprint density at radius 2 is 1.61 bits per heavy atom. The third-order valence-electron chi connectivity index (χ3n) is 7.27. The van der Waals surface area contributed by atoms with E-state index in [0.717, 1.165) is 34.1 Å². The van der Waals surface area contributed by atoms with Gasteiger partial charge in [0.1, 0.15) is 5.82 Å². The van der Waals surface area contributed by atoms with E-state index in [1.54, 1.807) is 11.3 Å². The molecule has 2 aromatic heterocycles. The minimum atomic E-state index is 0. The second-order valence-electron chi connectivity index (χ2n) is 10.1. The fourth-order valence-electron chi connectivity index (χ4n) is 5.40. The van der Waals surface area contributed by atoms with Crippen molar-refractivity contribution in [1.29, 1.82) is 0 Å².